The molecule has 1 amide bonds. The lowest BCUT2D eigenvalue weighted by atomic mass is 9.51. The topological polar surface area (TPSA) is 78.9 Å². The Kier molecular flexibility index (Phi) is 8.06. The van der Waals surface area contributed by atoms with Crippen LogP contribution < -0.4 is 5.32 Å². The summed E-state index contributed by atoms with van der Waals surface area (Å²) in [6, 6.07) is 9.55. The van der Waals surface area contributed by atoms with Crippen molar-refractivity contribution in [2.75, 3.05) is 20.7 Å². The van der Waals surface area contributed by atoms with E-state index in [1.54, 1.807) is 0 Å². The number of amides is 1. The molecule has 1 aromatic rings. The first-order valence-corrected chi connectivity index (χ1v) is 15.6. The molecule has 0 spiro atoms. The highest BCUT2D eigenvalue weighted by Gasteiger charge is 2.64. The predicted octanol–water partition coefficient (Wildman–Crippen LogP) is 5.77. The fourth-order valence-corrected chi connectivity index (χ4v) is 9.41. The van der Waals surface area contributed by atoms with Gasteiger partial charge in [-0.3, -0.25) is 9.59 Å². The van der Waals surface area contributed by atoms with Gasteiger partial charge in [0.15, 0.2) is 0 Å². The summed E-state index contributed by atoms with van der Waals surface area (Å²) in [5, 5.41) is 14.8. The van der Waals surface area contributed by atoms with Crippen molar-refractivity contribution in [1.82, 2.24) is 10.2 Å². The van der Waals surface area contributed by atoms with E-state index in [1.807, 2.05) is 30.3 Å². The van der Waals surface area contributed by atoms with Gasteiger partial charge in [0, 0.05) is 35.9 Å². The predicted molar refractivity (Wildman–Crippen MR) is 162 cm³/mol. The monoisotopic (exact) mass is 562 g/mol. The Labute approximate surface area is 246 Å². The van der Waals surface area contributed by atoms with Gasteiger partial charge in [0.2, 0.25) is 0 Å². The SMILES string of the molecule is CC(=O)OCC1(C)C(NC(=O)c2ccccc2)CCC2=CC3=CCC4(C)C(C(C)N(C)C)C(O)CC4(C)C3CCC21. The lowest BCUT2D eigenvalue weighted by molar-refractivity contribution is -0.146. The first-order chi connectivity index (χ1) is 19.3. The molecule has 9 atom stereocenters. The van der Waals surface area contributed by atoms with Crippen LogP contribution in [-0.2, 0) is 9.53 Å². The number of nitrogens with one attached hydrogen (secondary N) is 1. The summed E-state index contributed by atoms with van der Waals surface area (Å²) < 4.78 is 5.72. The summed E-state index contributed by atoms with van der Waals surface area (Å²) in [5.74, 6) is 0.408. The normalized spacial score (nSPS) is 38.9. The van der Waals surface area contributed by atoms with Crippen LogP contribution in [0.3, 0.4) is 0 Å². The number of esters is 1. The van der Waals surface area contributed by atoms with Crippen molar-refractivity contribution in [3.05, 3.63) is 59.2 Å². The van der Waals surface area contributed by atoms with E-state index < -0.39 is 5.41 Å². The van der Waals surface area contributed by atoms with E-state index in [-0.39, 0.29) is 53.3 Å². The molecule has 0 aliphatic heterocycles. The Hall–Kier alpha value is -2.44. The smallest absolute Gasteiger partial charge is 0.302 e. The van der Waals surface area contributed by atoms with E-state index in [0.717, 1.165) is 38.5 Å². The maximum atomic E-state index is 13.3. The largest absolute Gasteiger partial charge is 0.465 e. The van der Waals surface area contributed by atoms with Crippen LogP contribution in [0.5, 0.6) is 0 Å². The van der Waals surface area contributed by atoms with Gasteiger partial charge in [-0.1, -0.05) is 56.7 Å². The van der Waals surface area contributed by atoms with Crippen LogP contribution in [0.25, 0.3) is 0 Å². The molecule has 1 aromatic carbocycles. The minimum Gasteiger partial charge on any atom is -0.465 e. The van der Waals surface area contributed by atoms with E-state index >= 15 is 0 Å². The Balaban J connectivity index is 1.46. The molecule has 0 saturated heterocycles. The van der Waals surface area contributed by atoms with Crippen molar-refractivity contribution in [3.8, 4) is 0 Å². The van der Waals surface area contributed by atoms with Crippen molar-refractivity contribution in [2.45, 2.75) is 91.3 Å². The van der Waals surface area contributed by atoms with Crippen LogP contribution in [0.4, 0.5) is 0 Å². The van der Waals surface area contributed by atoms with E-state index in [4.69, 9.17) is 4.74 Å². The fourth-order valence-electron chi connectivity index (χ4n) is 9.41. The Bertz CT molecular complexity index is 1220. The number of hydrogen-bond acceptors (Lipinski definition) is 5. The number of carbonyl (C=O) groups is 2. The molecule has 6 heteroatoms. The van der Waals surface area contributed by atoms with Crippen molar-refractivity contribution in [3.63, 3.8) is 0 Å². The van der Waals surface area contributed by atoms with Crippen molar-refractivity contribution < 1.29 is 19.4 Å². The van der Waals surface area contributed by atoms with Crippen LogP contribution in [0.15, 0.2) is 53.6 Å². The quantitative estimate of drug-likeness (QED) is 0.430. The van der Waals surface area contributed by atoms with Crippen LogP contribution >= 0.6 is 0 Å². The number of fused-ring (bicyclic) bond motifs is 4. The number of aliphatic hydroxyl groups excluding tert-OH is 1. The number of hydrogen-bond donors (Lipinski definition) is 2. The molecule has 0 radical (unpaired) electrons. The lowest BCUT2D eigenvalue weighted by Gasteiger charge is -2.53. The molecule has 9 unspecified atom stereocenters. The van der Waals surface area contributed by atoms with E-state index in [2.05, 4.69) is 64.2 Å². The number of allylic oxidation sites excluding steroid dienone is 4. The lowest BCUT2D eigenvalue weighted by Crippen LogP contribution is -2.55. The highest BCUT2D eigenvalue weighted by atomic mass is 16.5. The van der Waals surface area contributed by atoms with Gasteiger partial charge in [-0.15, -0.1) is 0 Å². The molecule has 0 bridgehead atoms. The third-order valence-electron chi connectivity index (χ3n) is 12.1. The summed E-state index contributed by atoms with van der Waals surface area (Å²) in [6.07, 6.45) is 10.1. The second kappa shape index (κ2) is 11.0. The zero-order valence-corrected chi connectivity index (χ0v) is 26.1. The number of aliphatic hydroxyl groups is 1. The second-order valence-corrected chi connectivity index (χ2v) is 14.4. The molecule has 2 fully saturated rings. The van der Waals surface area contributed by atoms with Gasteiger partial charge in [-0.05, 0) is 99.9 Å². The van der Waals surface area contributed by atoms with Gasteiger partial charge in [0.05, 0.1) is 12.7 Å². The summed E-state index contributed by atoms with van der Waals surface area (Å²) in [6.45, 7) is 11.1. The van der Waals surface area contributed by atoms with Crippen LogP contribution in [0, 0.1) is 34.0 Å². The highest BCUT2D eigenvalue weighted by Crippen LogP contribution is 2.68. The minimum atomic E-state index is -0.421. The van der Waals surface area contributed by atoms with Gasteiger partial charge in [0.1, 0.15) is 0 Å². The Morgan fingerprint density at radius 3 is 2.41 bits per heavy atom. The second-order valence-electron chi connectivity index (χ2n) is 14.4. The fraction of sp³-hybridized carbons (Fsp3) is 0.657. The molecule has 4 aliphatic carbocycles. The molecule has 224 valence electrons. The maximum absolute atomic E-state index is 13.3. The maximum Gasteiger partial charge on any atom is 0.302 e. The number of rotatable bonds is 6. The minimum absolute atomic E-state index is 0.00548. The molecule has 0 heterocycles. The van der Waals surface area contributed by atoms with E-state index in [9.17, 15) is 14.7 Å². The van der Waals surface area contributed by atoms with Gasteiger partial charge in [0.25, 0.3) is 5.91 Å². The molecular weight excluding hydrogens is 512 g/mol. The summed E-state index contributed by atoms with van der Waals surface area (Å²) in [7, 11) is 4.25. The van der Waals surface area contributed by atoms with Gasteiger partial charge in [-0.25, -0.2) is 0 Å². The van der Waals surface area contributed by atoms with Gasteiger partial charge >= 0.3 is 5.97 Å². The zero-order chi connectivity index (χ0) is 29.7. The number of nitrogens with zero attached hydrogens (tertiary/aromatic N) is 1. The van der Waals surface area contributed by atoms with Crippen LogP contribution in [-0.4, -0.2) is 60.8 Å². The molecule has 2 N–H and O–H groups in total. The first kappa shape index (κ1) is 30.0. The molecule has 4 aliphatic rings. The Morgan fingerprint density at radius 1 is 1.07 bits per heavy atom. The number of carbonyl (C=O) groups excluding carboxylic acids is 2. The van der Waals surface area contributed by atoms with Gasteiger partial charge < -0.3 is 20.1 Å². The Morgan fingerprint density at radius 2 is 1.76 bits per heavy atom. The van der Waals surface area contributed by atoms with Crippen LogP contribution in [0.2, 0.25) is 0 Å². The summed E-state index contributed by atoms with van der Waals surface area (Å²) >= 11 is 0. The third kappa shape index (κ3) is 4.99. The molecule has 6 nitrogen and oxygen atoms in total. The molecular formula is C35H50N2O4. The summed E-state index contributed by atoms with van der Waals surface area (Å²) in [4.78, 5) is 27.5. The first-order valence-electron chi connectivity index (χ1n) is 15.6. The standard InChI is InChI=1S/C35H50N2O4/c1-22(37(6)7)31-29(39)20-35(5)28-15-14-27-25(19-26(28)17-18-34(31,35)4)13-16-30(33(27,3)21-41-23(2)38)36-32(40)24-11-9-8-10-12-24/h8-12,17,19,22,27-31,39H,13-16,18,20-21H2,1-7H3,(H,36,40). The average molecular weight is 563 g/mol. The van der Waals surface area contributed by atoms with Crippen molar-refractivity contribution >= 4 is 11.9 Å². The highest BCUT2D eigenvalue weighted by molar-refractivity contribution is 5.94. The molecule has 2 saturated carbocycles. The summed E-state index contributed by atoms with van der Waals surface area (Å²) in [5.41, 5.74) is 3.07. The van der Waals surface area contributed by atoms with Crippen molar-refractivity contribution in [2.24, 2.45) is 34.0 Å². The third-order valence-corrected chi connectivity index (χ3v) is 12.1. The van der Waals surface area contributed by atoms with E-state index in [0.29, 0.717) is 17.5 Å². The van der Waals surface area contributed by atoms with Crippen LogP contribution in [0.1, 0.15) is 83.5 Å². The van der Waals surface area contributed by atoms with Gasteiger partial charge in [-0.2, -0.15) is 0 Å². The molecule has 0 aromatic heterocycles. The number of ether oxygens (including phenoxy) is 1. The zero-order valence-electron chi connectivity index (χ0n) is 26.1. The molecule has 41 heavy (non-hydrogen) atoms. The molecule has 5 rings (SSSR count). The van der Waals surface area contributed by atoms with E-state index in [1.165, 1.54) is 18.1 Å². The van der Waals surface area contributed by atoms with Crippen molar-refractivity contribution in [1.29, 1.82) is 0 Å². The number of benzene rings is 1. The average Bonchev–Trinajstić information content (AvgIpc) is 3.04.